The van der Waals surface area contributed by atoms with Gasteiger partial charge in [0.1, 0.15) is 23.2 Å². The number of carbonyl (C=O) groups is 2. The number of alkyl halides is 1. The molecule has 0 N–H and O–H groups in total. The van der Waals surface area contributed by atoms with Crippen LogP contribution in [0.15, 0.2) is 54.6 Å². The minimum absolute atomic E-state index is 0.127. The number of carbonyl (C=O) groups excluding carboxylic acids is 2. The van der Waals surface area contributed by atoms with E-state index in [4.69, 9.17) is 9.47 Å². The topological polar surface area (TPSA) is 55.8 Å². The van der Waals surface area contributed by atoms with Gasteiger partial charge in [0.2, 0.25) is 5.91 Å². The average Bonchev–Trinajstić information content (AvgIpc) is 3.08. The Morgan fingerprint density at radius 2 is 1.85 bits per heavy atom. The predicted octanol–water partition coefficient (Wildman–Crippen LogP) is 4.28. The van der Waals surface area contributed by atoms with Gasteiger partial charge in [-0.05, 0) is 23.3 Å². The van der Waals surface area contributed by atoms with Crippen molar-refractivity contribution in [1.29, 1.82) is 0 Å². The van der Waals surface area contributed by atoms with Crippen LogP contribution in [-0.4, -0.2) is 35.4 Å². The molecule has 3 atom stereocenters. The average molecular weight is 418 g/mol. The van der Waals surface area contributed by atoms with Crippen molar-refractivity contribution in [2.45, 2.75) is 23.7 Å². The fourth-order valence-electron chi connectivity index (χ4n) is 3.01. The van der Waals surface area contributed by atoms with E-state index in [9.17, 15) is 9.59 Å². The molecule has 1 aliphatic heterocycles. The van der Waals surface area contributed by atoms with E-state index in [0.717, 1.165) is 16.9 Å². The van der Waals surface area contributed by atoms with Crippen LogP contribution in [0.5, 0.6) is 5.75 Å². The van der Waals surface area contributed by atoms with Gasteiger partial charge in [0.25, 0.3) is 0 Å². The summed E-state index contributed by atoms with van der Waals surface area (Å²) in [5.41, 5.74) is 1.85. The molecular formula is C20H20BrNO4. The van der Waals surface area contributed by atoms with Crippen molar-refractivity contribution in [2.75, 3.05) is 13.7 Å². The first-order chi connectivity index (χ1) is 12.5. The van der Waals surface area contributed by atoms with Gasteiger partial charge in [0.05, 0.1) is 7.11 Å². The van der Waals surface area contributed by atoms with E-state index in [1.54, 1.807) is 7.11 Å². The van der Waals surface area contributed by atoms with Crippen LogP contribution >= 0.6 is 15.9 Å². The molecule has 0 saturated carbocycles. The standard InChI is InChI=1S/C20H20BrNO4/c1-13(14-8-10-16(25-2)11-9-14)18(21)19(23)22-17(12-26-20(22)24)15-6-4-3-5-7-15/h3-11,13,17-18H,12H2,1-2H3/t13-,17?,18-/m1/s1. The van der Waals surface area contributed by atoms with Crippen LogP contribution in [-0.2, 0) is 9.53 Å². The number of ether oxygens (including phenoxy) is 2. The van der Waals surface area contributed by atoms with Gasteiger partial charge in [-0.1, -0.05) is 65.3 Å². The quantitative estimate of drug-likeness (QED) is 0.681. The number of rotatable bonds is 5. The van der Waals surface area contributed by atoms with Crippen LogP contribution in [0.4, 0.5) is 4.79 Å². The predicted molar refractivity (Wildman–Crippen MR) is 102 cm³/mol. The molecule has 3 rings (SSSR count). The Bertz CT molecular complexity index is 778. The fraction of sp³-hybridized carbons (Fsp3) is 0.300. The highest BCUT2D eigenvalue weighted by molar-refractivity contribution is 9.10. The van der Waals surface area contributed by atoms with Crippen molar-refractivity contribution in [2.24, 2.45) is 0 Å². The number of hydrogen-bond donors (Lipinski definition) is 0. The van der Waals surface area contributed by atoms with E-state index in [1.165, 1.54) is 4.90 Å². The first kappa shape index (κ1) is 18.5. The van der Waals surface area contributed by atoms with Crippen LogP contribution in [0, 0.1) is 0 Å². The second kappa shape index (κ2) is 7.91. The lowest BCUT2D eigenvalue weighted by Crippen LogP contribution is -2.40. The Morgan fingerprint density at radius 3 is 2.46 bits per heavy atom. The van der Waals surface area contributed by atoms with Crippen molar-refractivity contribution in [3.8, 4) is 5.75 Å². The van der Waals surface area contributed by atoms with Gasteiger partial charge in [0, 0.05) is 5.92 Å². The van der Waals surface area contributed by atoms with Crippen LogP contribution in [0.25, 0.3) is 0 Å². The van der Waals surface area contributed by atoms with Crippen molar-refractivity contribution in [3.05, 3.63) is 65.7 Å². The number of amides is 2. The van der Waals surface area contributed by atoms with E-state index < -0.39 is 17.0 Å². The van der Waals surface area contributed by atoms with Gasteiger partial charge in [0.15, 0.2) is 0 Å². The zero-order valence-corrected chi connectivity index (χ0v) is 16.2. The summed E-state index contributed by atoms with van der Waals surface area (Å²) in [6.07, 6.45) is -0.602. The van der Waals surface area contributed by atoms with Gasteiger partial charge >= 0.3 is 6.09 Å². The summed E-state index contributed by atoms with van der Waals surface area (Å²) in [4.78, 5) is 25.9. The molecule has 2 aromatic rings. The van der Waals surface area contributed by atoms with Crippen molar-refractivity contribution in [1.82, 2.24) is 4.90 Å². The lowest BCUT2D eigenvalue weighted by Gasteiger charge is -2.25. The number of cyclic esters (lactones) is 1. The Hall–Kier alpha value is -2.34. The maximum atomic E-state index is 13.0. The molecule has 0 radical (unpaired) electrons. The summed E-state index contributed by atoms with van der Waals surface area (Å²) < 4.78 is 10.3. The van der Waals surface area contributed by atoms with Crippen molar-refractivity contribution >= 4 is 27.9 Å². The monoisotopic (exact) mass is 417 g/mol. The largest absolute Gasteiger partial charge is 0.497 e. The summed E-state index contributed by atoms with van der Waals surface area (Å²) in [6, 6.07) is 16.6. The van der Waals surface area contributed by atoms with E-state index in [2.05, 4.69) is 15.9 Å². The molecule has 1 aliphatic rings. The van der Waals surface area contributed by atoms with Gasteiger partial charge in [-0.3, -0.25) is 4.79 Å². The first-order valence-electron chi connectivity index (χ1n) is 8.35. The Balaban J connectivity index is 1.80. The molecule has 1 heterocycles. The third-order valence-corrected chi connectivity index (χ3v) is 5.80. The first-order valence-corrected chi connectivity index (χ1v) is 9.27. The Labute approximate surface area is 161 Å². The van der Waals surface area contributed by atoms with Crippen LogP contribution in [0.3, 0.4) is 0 Å². The number of hydrogen-bond acceptors (Lipinski definition) is 4. The molecular weight excluding hydrogens is 398 g/mol. The third kappa shape index (κ3) is 3.60. The maximum absolute atomic E-state index is 13.0. The molecule has 1 unspecified atom stereocenters. The van der Waals surface area contributed by atoms with Crippen LogP contribution in [0.1, 0.15) is 30.0 Å². The molecule has 5 nitrogen and oxygen atoms in total. The highest BCUT2D eigenvalue weighted by Gasteiger charge is 2.42. The van der Waals surface area contributed by atoms with Crippen LogP contribution < -0.4 is 4.74 Å². The highest BCUT2D eigenvalue weighted by atomic mass is 79.9. The zero-order valence-electron chi connectivity index (χ0n) is 14.6. The molecule has 0 bridgehead atoms. The zero-order chi connectivity index (χ0) is 18.7. The van der Waals surface area contributed by atoms with Gasteiger partial charge in [-0.25, -0.2) is 9.69 Å². The maximum Gasteiger partial charge on any atom is 0.417 e. The molecule has 0 aromatic heterocycles. The lowest BCUT2D eigenvalue weighted by molar-refractivity contribution is -0.128. The minimum Gasteiger partial charge on any atom is -0.497 e. The number of imide groups is 1. The fourth-order valence-corrected chi connectivity index (χ4v) is 3.53. The minimum atomic E-state index is -0.602. The molecule has 1 saturated heterocycles. The smallest absolute Gasteiger partial charge is 0.417 e. The van der Waals surface area contributed by atoms with Gasteiger partial charge in [-0.2, -0.15) is 0 Å². The summed E-state index contributed by atoms with van der Waals surface area (Å²) in [6.45, 7) is 2.11. The molecule has 2 aromatic carbocycles. The lowest BCUT2D eigenvalue weighted by atomic mass is 9.96. The summed E-state index contributed by atoms with van der Waals surface area (Å²) in [5.74, 6) is 0.327. The number of benzene rings is 2. The van der Waals surface area contributed by atoms with Crippen molar-refractivity contribution in [3.63, 3.8) is 0 Å². The molecule has 136 valence electrons. The van der Waals surface area contributed by atoms with E-state index in [1.807, 2.05) is 61.5 Å². The highest BCUT2D eigenvalue weighted by Crippen LogP contribution is 2.33. The number of halogens is 1. The normalized spacial score (nSPS) is 19.0. The molecule has 26 heavy (non-hydrogen) atoms. The second-order valence-electron chi connectivity index (χ2n) is 6.18. The molecule has 0 spiro atoms. The van der Waals surface area contributed by atoms with Crippen LogP contribution in [0.2, 0.25) is 0 Å². The van der Waals surface area contributed by atoms with Gasteiger partial charge in [-0.15, -0.1) is 0 Å². The number of methoxy groups -OCH3 is 1. The van der Waals surface area contributed by atoms with E-state index in [0.29, 0.717) is 0 Å². The van der Waals surface area contributed by atoms with Gasteiger partial charge < -0.3 is 9.47 Å². The Morgan fingerprint density at radius 1 is 1.19 bits per heavy atom. The Kier molecular flexibility index (Phi) is 5.61. The molecule has 1 fully saturated rings. The summed E-state index contributed by atoms with van der Waals surface area (Å²) in [7, 11) is 1.61. The summed E-state index contributed by atoms with van der Waals surface area (Å²) >= 11 is 3.49. The molecule has 6 heteroatoms. The van der Waals surface area contributed by atoms with E-state index >= 15 is 0 Å². The molecule has 2 amide bonds. The SMILES string of the molecule is COc1ccc([C@@H](C)[C@@H](Br)C(=O)N2C(=O)OCC2c2ccccc2)cc1. The third-order valence-electron chi connectivity index (χ3n) is 4.61. The second-order valence-corrected chi connectivity index (χ2v) is 7.16. The summed E-state index contributed by atoms with van der Waals surface area (Å²) in [5, 5.41) is 0. The molecule has 0 aliphatic carbocycles. The van der Waals surface area contributed by atoms with E-state index in [-0.39, 0.29) is 18.4 Å². The number of nitrogens with zero attached hydrogens (tertiary/aromatic N) is 1. The van der Waals surface area contributed by atoms with Crippen molar-refractivity contribution < 1.29 is 19.1 Å².